The molecule has 0 saturated carbocycles. The Morgan fingerprint density at radius 1 is 1.09 bits per heavy atom. The van der Waals surface area contributed by atoms with Crippen LogP contribution in [0.5, 0.6) is 0 Å². The summed E-state index contributed by atoms with van der Waals surface area (Å²) >= 11 is 0. The van der Waals surface area contributed by atoms with Crippen molar-refractivity contribution in [1.29, 1.82) is 0 Å². The van der Waals surface area contributed by atoms with Crippen molar-refractivity contribution in [1.82, 2.24) is 28.5 Å². The van der Waals surface area contributed by atoms with E-state index >= 15 is 0 Å². The van der Waals surface area contributed by atoms with E-state index in [0.717, 1.165) is 38.4 Å². The predicted octanol–water partition coefficient (Wildman–Crippen LogP) is 1.16. The number of likely N-dealkylation sites (N-methyl/N-ethyl adjacent to an activating group) is 1. The quantitative estimate of drug-likeness (QED) is 0.587. The molecular formula is C25H42N8O2. The van der Waals surface area contributed by atoms with E-state index in [4.69, 9.17) is 10.7 Å². The van der Waals surface area contributed by atoms with Crippen molar-refractivity contribution in [3.8, 4) is 0 Å². The molecular weight excluding hydrogens is 444 g/mol. The smallest absolute Gasteiger partial charge is 0.325 e. The summed E-state index contributed by atoms with van der Waals surface area (Å²) < 4.78 is 4.87. The highest BCUT2D eigenvalue weighted by Crippen LogP contribution is 2.30. The van der Waals surface area contributed by atoms with Gasteiger partial charge in [-0.05, 0) is 53.6 Å². The number of hydrogen-bond donors (Lipinski definition) is 1. The first-order valence-electron chi connectivity index (χ1n) is 12.9. The molecule has 2 fully saturated rings. The number of aromatic nitrogens is 4. The number of aryl methyl sites for hydroxylation is 1. The standard InChI is InChI=1S/C25H42N8O2/c1-18(2)11-15-31-20-21(29(5)25(35)33(23(20)34)17-16-28(3)4)27-24(31)32-14-9-10-19(26)22(32)30-12-7-6-8-13-30/h11,19,22H,6-10,12-17,26H2,1-5H3. The largest absolute Gasteiger partial charge is 0.332 e. The minimum absolute atomic E-state index is 0.0131. The monoisotopic (exact) mass is 486 g/mol. The molecule has 0 radical (unpaired) electrons. The lowest BCUT2D eigenvalue weighted by atomic mass is 9.99. The molecule has 0 spiro atoms. The fourth-order valence-corrected chi connectivity index (χ4v) is 5.40. The third-order valence-corrected chi connectivity index (χ3v) is 7.33. The Morgan fingerprint density at radius 3 is 2.46 bits per heavy atom. The normalized spacial score (nSPS) is 21.7. The number of anilines is 1. The number of likely N-dealkylation sites (tertiary alicyclic amines) is 1. The van der Waals surface area contributed by atoms with E-state index in [1.807, 2.05) is 23.6 Å². The molecule has 0 aliphatic carbocycles. The maximum atomic E-state index is 13.7. The lowest BCUT2D eigenvalue weighted by Gasteiger charge is -2.47. The van der Waals surface area contributed by atoms with Gasteiger partial charge < -0.3 is 20.1 Å². The van der Waals surface area contributed by atoms with Crippen molar-refractivity contribution in [2.75, 3.05) is 45.2 Å². The third-order valence-electron chi connectivity index (χ3n) is 7.33. The van der Waals surface area contributed by atoms with Crippen LogP contribution < -0.4 is 21.9 Å². The Labute approximate surface area is 207 Å². The van der Waals surface area contributed by atoms with Gasteiger partial charge in [-0.25, -0.2) is 4.79 Å². The van der Waals surface area contributed by atoms with Gasteiger partial charge in [0.15, 0.2) is 11.2 Å². The Balaban J connectivity index is 1.91. The number of rotatable bonds is 7. The molecule has 0 aromatic carbocycles. The van der Waals surface area contributed by atoms with Gasteiger partial charge in [-0.3, -0.25) is 18.8 Å². The zero-order valence-corrected chi connectivity index (χ0v) is 22.0. The lowest BCUT2D eigenvalue weighted by Crippen LogP contribution is -2.62. The second-order valence-corrected chi connectivity index (χ2v) is 10.6. The number of hydrogen-bond acceptors (Lipinski definition) is 7. The van der Waals surface area contributed by atoms with Crippen molar-refractivity contribution in [3.05, 3.63) is 32.5 Å². The summed E-state index contributed by atoms with van der Waals surface area (Å²) in [4.78, 5) is 38.6. The van der Waals surface area contributed by atoms with Crippen LogP contribution in [0.1, 0.15) is 46.0 Å². The van der Waals surface area contributed by atoms with Crippen molar-refractivity contribution >= 4 is 17.1 Å². The van der Waals surface area contributed by atoms with Crippen LogP contribution in [-0.4, -0.2) is 81.0 Å². The van der Waals surface area contributed by atoms with Crippen LogP contribution >= 0.6 is 0 Å². The van der Waals surface area contributed by atoms with Crippen LogP contribution in [0.25, 0.3) is 11.2 Å². The van der Waals surface area contributed by atoms with Crippen LogP contribution in [0.3, 0.4) is 0 Å². The van der Waals surface area contributed by atoms with Gasteiger partial charge in [0.05, 0.1) is 0 Å². The molecule has 10 nitrogen and oxygen atoms in total. The second-order valence-electron chi connectivity index (χ2n) is 10.6. The first-order valence-corrected chi connectivity index (χ1v) is 12.9. The highest BCUT2D eigenvalue weighted by Gasteiger charge is 2.37. The third kappa shape index (κ3) is 5.10. The summed E-state index contributed by atoms with van der Waals surface area (Å²) in [6.07, 6.45) is 7.71. The predicted molar refractivity (Wildman–Crippen MR) is 141 cm³/mol. The number of nitrogens with two attached hydrogens (primary N) is 1. The van der Waals surface area contributed by atoms with Crippen molar-refractivity contribution in [2.45, 2.75) is 71.2 Å². The number of allylic oxidation sites excluding steroid dienone is 2. The molecule has 2 atom stereocenters. The van der Waals surface area contributed by atoms with Gasteiger partial charge >= 0.3 is 5.69 Å². The van der Waals surface area contributed by atoms with E-state index in [0.29, 0.717) is 30.8 Å². The highest BCUT2D eigenvalue weighted by atomic mass is 16.2. The van der Waals surface area contributed by atoms with Gasteiger partial charge in [0.2, 0.25) is 5.95 Å². The van der Waals surface area contributed by atoms with Gasteiger partial charge in [-0.15, -0.1) is 0 Å². The summed E-state index contributed by atoms with van der Waals surface area (Å²) in [6.45, 7) is 8.45. The first kappa shape index (κ1) is 25.7. The molecule has 4 rings (SSSR count). The van der Waals surface area contributed by atoms with Crippen LogP contribution in [0.15, 0.2) is 21.2 Å². The molecule has 2 unspecified atom stereocenters. The number of fused-ring (bicyclic) bond motifs is 1. The van der Waals surface area contributed by atoms with E-state index in [9.17, 15) is 9.59 Å². The average molecular weight is 487 g/mol. The molecule has 0 bridgehead atoms. The molecule has 2 aromatic heterocycles. The summed E-state index contributed by atoms with van der Waals surface area (Å²) in [5.74, 6) is 0.737. The molecule has 2 aromatic rings. The van der Waals surface area contributed by atoms with Gasteiger partial charge in [0.25, 0.3) is 5.56 Å². The van der Waals surface area contributed by atoms with E-state index in [1.54, 1.807) is 7.05 Å². The first-order chi connectivity index (χ1) is 16.7. The molecule has 10 heteroatoms. The Bertz CT molecular complexity index is 1180. The van der Waals surface area contributed by atoms with Crippen molar-refractivity contribution in [2.24, 2.45) is 12.8 Å². The van der Waals surface area contributed by atoms with Gasteiger partial charge in [0, 0.05) is 52.4 Å². The van der Waals surface area contributed by atoms with Crippen LogP contribution in [0.4, 0.5) is 5.95 Å². The fourth-order valence-electron chi connectivity index (χ4n) is 5.40. The molecule has 35 heavy (non-hydrogen) atoms. The summed E-state index contributed by atoms with van der Waals surface area (Å²) in [6, 6.07) is 0.0131. The summed E-state index contributed by atoms with van der Waals surface area (Å²) in [7, 11) is 5.58. The molecule has 4 heterocycles. The SMILES string of the molecule is CC(C)=CCn1c(N2CCCC(N)C2N2CCCCC2)nc2c1c(=O)n(CCN(C)C)c(=O)n2C. The van der Waals surface area contributed by atoms with Gasteiger partial charge in [-0.2, -0.15) is 4.98 Å². The van der Waals surface area contributed by atoms with Crippen molar-refractivity contribution < 1.29 is 0 Å². The van der Waals surface area contributed by atoms with Crippen molar-refractivity contribution in [3.63, 3.8) is 0 Å². The highest BCUT2D eigenvalue weighted by molar-refractivity contribution is 5.75. The average Bonchev–Trinajstić information content (AvgIpc) is 3.21. The zero-order chi connectivity index (χ0) is 25.3. The Kier molecular flexibility index (Phi) is 7.83. The topological polar surface area (TPSA) is 97.6 Å². The van der Waals surface area contributed by atoms with E-state index in [2.05, 4.69) is 29.7 Å². The number of imidazole rings is 1. The second kappa shape index (κ2) is 10.7. The fraction of sp³-hybridized carbons (Fsp3) is 0.720. The number of piperidine rings is 2. The van der Waals surface area contributed by atoms with E-state index in [1.165, 1.54) is 34.0 Å². The number of nitrogens with zero attached hydrogens (tertiary/aromatic N) is 7. The van der Waals surface area contributed by atoms with E-state index in [-0.39, 0.29) is 23.5 Å². The molecule has 2 aliphatic rings. The van der Waals surface area contributed by atoms with Gasteiger partial charge in [-0.1, -0.05) is 18.1 Å². The summed E-state index contributed by atoms with van der Waals surface area (Å²) in [5.41, 5.74) is 8.20. The van der Waals surface area contributed by atoms with Crippen LogP contribution in [0, 0.1) is 0 Å². The Morgan fingerprint density at radius 2 is 1.80 bits per heavy atom. The minimum atomic E-state index is -0.328. The molecule has 194 valence electrons. The minimum Gasteiger partial charge on any atom is -0.325 e. The van der Waals surface area contributed by atoms with Crippen LogP contribution in [-0.2, 0) is 20.1 Å². The molecule has 2 N–H and O–H groups in total. The van der Waals surface area contributed by atoms with Gasteiger partial charge in [0.1, 0.15) is 6.17 Å². The molecule has 2 saturated heterocycles. The summed E-state index contributed by atoms with van der Waals surface area (Å²) in [5, 5.41) is 0. The molecule has 0 amide bonds. The Hall–Kier alpha value is -2.43. The lowest BCUT2D eigenvalue weighted by molar-refractivity contribution is 0.120. The van der Waals surface area contributed by atoms with Crippen LogP contribution in [0.2, 0.25) is 0 Å². The zero-order valence-electron chi connectivity index (χ0n) is 22.0. The molecule has 2 aliphatic heterocycles. The van der Waals surface area contributed by atoms with E-state index < -0.39 is 0 Å². The maximum Gasteiger partial charge on any atom is 0.332 e. The maximum absolute atomic E-state index is 13.7.